The van der Waals surface area contributed by atoms with Crippen LogP contribution in [0.3, 0.4) is 0 Å². The number of likely N-dealkylation sites (tertiary alicyclic amines) is 1. The highest BCUT2D eigenvalue weighted by atomic mass is 35.5. The molecule has 23 heavy (non-hydrogen) atoms. The number of anilines is 1. The van der Waals surface area contributed by atoms with Crippen LogP contribution in [-0.2, 0) is 9.59 Å². The Labute approximate surface area is 144 Å². The number of carbonyl (C=O) groups excluding carboxylic acids is 2. The zero-order valence-corrected chi connectivity index (χ0v) is 14.6. The molecule has 1 atom stereocenters. The van der Waals surface area contributed by atoms with Gasteiger partial charge in [-0.2, -0.15) is 0 Å². The first-order chi connectivity index (χ1) is 10.7. The van der Waals surface area contributed by atoms with Crippen LogP contribution in [0.2, 0.25) is 0 Å². The van der Waals surface area contributed by atoms with Crippen molar-refractivity contribution in [3.8, 4) is 0 Å². The average Bonchev–Trinajstić information content (AvgIpc) is 2.81. The standard InChI is InChI=1S/C15H19Cl2N3O3/c1-9-7-11(19-23-9)18-12(21)10-3-5-20(6-4-10)13(22)14(2)8-15(14,16)17/h7,10H,3-6,8H2,1-2H3,(H,18,19,21)/t14-/m1/s1. The molecule has 0 radical (unpaired) electrons. The molecule has 3 rings (SSSR count). The summed E-state index contributed by atoms with van der Waals surface area (Å²) < 4.78 is 3.97. The Kier molecular flexibility index (Phi) is 4.09. The van der Waals surface area contributed by atoms with Crippen LogP contribution in [0, 0.1) is 18.3 Å². The predicted octanol–water partition coefficient (Wildman–Crippen LogP) is 2.74. The molecule has 0 spiro atoms. The van der Waals surface area contributed by atoms with Gasteiger partial charge < -0.3 is 14.7 Å². The van der Waals surface area contributed by atoms with Gasteiger partial charge in [-0.05, 0) is 33.1 Å². The summed E-state index contributed by atoms with van der Waals surface area (Å²) in [5, 5.41) is 6.49. The van der Waals surface area contributed by atoms with Gasteiger partial charge in [-0.25, -0.2) is 0 Å². The molecule has 2 aliphatic rings. The van der Waals surface area contributed by atoms with E-state index in [4.69, 9.17) is 27.7 Å². The number of nitrogens with one attached hydrogen (secondary N) is 1. The third-order valence-corrected chi connectivity index (χ3v) is 5.86. The summed E-state index contributed by atoms with van der Waals surface area (Å²) in [5.41, 5.74) is -0.691. The minimum atomic E-state index is -0.955. The van der Waals surface area contributed by atoms with Gasteiger partial charge in [-0.1, -0.05) is 5.16 Å². The first kappa shape index (κ1) is 16.6. The van der Waals surface area contributed by atoms with Crippen molar-refractivity contribution in [3.05, 3.63) is 11.8 Å². The molecule has 2 amide bonds. The highest BCUT2D eigenvalue weighted by Gasteiger charge is 2.68. The molecule has 6 nitrogen and oxygen atoms in total. The normalized spacial score (nSPS) is 26.9. The summed E-state index contributed by atoms with van der Waals surface area (Å²) in [5.74, 6) is 0.815. The van der Waals surface area contributed by atoms with Gasteiger partial charge >= 0.3 is 0 Å². The summed E-state index contributed by atoms with van der Waals surface area (Å²) in [6, 6.07) is 1.67. The molecule has 1 saturated heterocycles. The molecule has 1 aliphatic carbocycles. The minimum absolute atomic E-state index is 0.0199. The van der Waals surface area contributed by atoms with E-state index in [1.807, 2.05) is 0 Å². The maximum atomic E-state index is 12.5. The smallest absolute Gasteiger partial charge is 0.231 e. The number of carbonyl (C=O) groups is 2. The predicted molar refractivity (Wildman–Crippen MR) is 86.3 cm³/mol. The van der Waals surface area contributed by atoms with Gasteiger partial charge in [0.05, 0.1) is 5.41 Å². The second kappa shape index (κ2) is 5.67. The van der Waals surface area contributed by atoms with Crippen LogP contribution in [0.5, 0.6) is 0 Å². The van der Waals surface area contributed by atoms with Crippen LogP contribution in [0.1, 0.15) is 31.9 Å². The Hall–Kier alpha value is -1.27. The van der Waals surface area contributed by atoms with E-state index in [9.17, 15) is 9.59 Å². The number of piperidine rings is 1. The van der Waals surface area contributed by atoms with Crippen molar-refractivity contribution in [3.63, 3.8) is 0 Å². The van der Waals surface area contributed by atoms with Crippen molar-refractivity contribution in [2.75, 3.05) is 18.4 Å². The van der Waals surface area contributed by atoms with E-state index in [1.54, 1.807) is 24.8 Å². The summed E-state index contributed by atoms with van der Waals surface area (Å²) in [6.45, 7) is 4.63. The number of hydrogen-bond donors (Lipinski definition) is 1. The molecule has 0 aromatic carbocycles. The van der Waals surface area contributed by atoms with Crippen LogP contribution < -0.4 is 5.32 Å². The van der Waals surface area contributed by atoms with Gasteiger partial charge in [-0.3, -0.25) is 9.59 Å². The van der Waals surface area contributed by atoms with Gasteiger partial charge in [0.2, 0.25) is 11.8 Å². The largest absolute Gasteiger partial charge is 0.360 e. The monoisotopic (exact) mass is 359 g/mol. The van der Waals surface area contributed by atoms with E-state index >= 15 is 0 Å². The fourth-order valence-corrected chi connectivity index (χ4v) is 3.68. The van der Waals surface area contributed by atoms with Crippen molar-refractivity contribution >= 4 is 40.8 Å². The van der Waals surface area contributed by atoms with Crippen LogP contribution in [-0.4, -0.2) is 39.3 Å². The molecular weight excluding hydrogens is 341 g/mol. The highest BCUT2D eigenvalue weighted by Crippen LogP contribution is 2.64. The molecule has 8 heteroatoms. The lowest BCUT2D eigenvalue weighted by molar-refractivity contribution is -0.139. The minimum Gasteiger partial charge on any atom is -0.360 e. The Balaban J connectivity index is 1.52. The van der Waals surface area contributed by atoms with Gasteiger partial charge in [0.25, 0.3) is 0 Å². The third-order valence-electron chi connectivity index (χ3n) is 4.76. The average molecular weight is 360 g/mol. The molecule has 0 unspecified atom stereocenters. The Bertz CT molecular complexity index is 638. The molecule has 1 saturated carbocycles. The SMILES string of the molecule is Cc1cc(NC(=O)C2CCN(C(=O)[C@@]3(C)CC3(Cl)Cl)CC2)no1. The quantitative estimate of drug-likeness (QED) is 0.841. The van der Waals surface area contributed by atoms with Crippen LogP contribution in [0.4, 0.5) is 5.82 Å². The van der Waals surface area contributed by atoms with Crippen molar-refractivity contribution < 1.29 is 14.1 Å². The molecular formula is C15H19Cl2N3O3. The fraction of sp³-hybridized carbons (Fsp3) is 0.667. The van der Waals surface area contributed by atoms with E-state index in [2.05, 4.69) is 10.5 Å². The van der Waals surface area contributed by atoms with Gasteiger partial charge in [-0.15, -0.1) is 23.2 Å². The molecule has 1 aromatic heterocycles. The number of nitrogens with zero attached hydrogens (tertiary/aromatic N) is 2. The van der Waals surface area contributed by atoms with Gasteiger partial charge in [0.1, 0.15) is 10.1 Å². The highest BCUT2D eigenvalue weighted by molar-refractivity contribution is 6.53. The van der Waals surface area contributed by atoms with Crippen molar-refractivity contribution in [2.45, 2.75) is 37.4 Å². The summed E-state index contributed by atoms with van der Waals surface area (Å²) in [4.78, 5) is 26.5. The van der Waals surface area contributed by atoms with Gasteiger partial charge in [0, 0.05) is 25.1 Å². The third kappa shape index (κ3) is 3.06. The Morgan fingerprint density at radius 1 is 1.39 bits per heavy atom. The first-order valence-corrected chi connectivity index (χ1v) is 8.40. The zero-order chi connectivity index (χ0) is 16.8. The topological polar surface area (TPSA) is 75.4 Å². The summed E-state index contributed by atoms with van der Waals surface area (Å²) in [7, 11) is 0. The van der Waals surface area contributed by atoms with Crippen LogP contribution >= 0.6 is 23.2 Å². The number of hydrogen-bond acceptors (Lipinski definition) is 4. The molecule has 2 heterocycles. The number of halogens is 2. The second-order valence-corrected chi connectivity index (χ2v) is 8.08. The number of aryl methyl sites for hydroxylation is 1. The molecule has 2 fully saturated rings. The van der Waals surface area contributed by atoms with E-state index in [-0.39, 0.29) is 17.7 Å². The Morgan fingerprint density at radius 3 is 2.48 bits per heavy atom. The number of aromatic nitrogens is 1. The van der Waals surface area contributed by atoms with Gasteiger partial charge in [0.15, 0.2) is 5.82 Å². The van der Waals surface area contributed by atoms with E-state index < -0.39 is 9.75 Å². The van der Waals surface area contributed by atoms with Crippen LogP contribution in [0.25, 0.3) is 0 Å². The molecule has 0 bridgehead atoms. The number of amides is 2. The molecule has 1 aliphatic heterocycles. The number of alkyl halides is 2. The molecule has 126 valence electrons. The molecule has 1 aromatic rings. The first-order valence-electron chi connectivity index (χ1n) is 7.64. The number of rotatable bonds is 3. The summed E-state index contributed by atoms with van der Waals surface area (Å²) in [6.07, 6.45) is 1.71. The Morgan fingerprint density at radius 2 is 2.00 bits per heavy atom. The van der Waals surface area contributed by atoms with Crippen molar-refractivity contribution in [1.82, 2.24) is 10.1 Å². The van der Waals surface area contributed by atoms with E-state index in [0.717, 1.165) is 0 Å². The van der Waals surface area contributed by atoms with Crippen molar-refractivity contribution in [2.24, 2.45) is 11.3 Å². The lowest BCUT2D eigenvalue weighted by Crippen LogP contribution is -2.45. The second-order valence-electron chi connectivity index (χ2n) is 6.59. The fourth-order valence-electron chi connectivity index (χ4n) is 2.98. The lowest BCUT2D eigenvalue weighted by atomic mass is 9.94. The maximum Gasteiger partial charge on any atom is 0.231 e. The van der Waals surface area contributed by atoms with Crippen LogP contribution in [0.15, 0.2) is 10.6 Å². The lowest BCUT2D eigenvalue weighted by Gasteiger charge is -2.33. The zero-order valence-electron chi connectivity index (χ0n) is 13.1. The molecule has 1 N–H and O–H groups in total. The van der Waals surface area contributed by atoms with Crippen molar-refractivity contribution in [1.29, 1.82) is 0 Å². The van der Waals surface area contributed by atoms with E-state index in [1.165, 1.54) is 0 Å². The maximum absolute atomic E-state index is 12.5. The summed E-state index contributed by atoms with van der Waals surface area (Å²) >= 11 is 12.1. The van der Waals surface area contributed by atoms with E-state index in [0.29, 0.717) is 43.9 Å².